The molecule has 0 aliphatic rings. The monoisotopic (exact) mass is 198 g/mol. The lowest BCUT2D eigenvalue weighted by atomic mass is 10.5. The lowest BCUT2D eigenvalue weighted by Gasteiger charge is -2.02. The molecule has 0 saturated carbocycles. The molecule has 74 valence electrons. The van der Waals surface area contributed by atoms with Crippen molar-refractivity contribution in [2.75, 3.05) is 0 Å². The Bertz CT molecular complexity index is 729. The molecule has 0 bridgehead atoms. The number of aryl methyl sites for hydroxylation is 2. The fourth-order valence-corrected chi connectivity index (χ4v) is 1.22. The first-order valence-corrected chi connectivity index (χ1v) is 3.72. The summed E-state index contributed by atoms with van der Waals surface area (Å²) < 4.78 is 31.6. The molecule has 0 amide bonds. The van der Waals surface area contributed by atoms with Gasteiger partial charge in [0.1, 0.15) is 1.37 Å². The summed E-state index contributed by atoms with van der Waals surface area (Å²) in [5.74, 6) is 0. The molecular weight excluding hydrogens is 184 g/mol. The van der Waals surface area contributed by atoms with E-state index in [0.717, 1.165) is 9.13 Å². The van der Waals surface area contributed by atoms with E-state index >= 15 is 0 Å². The second-order valence-electron chi connectivity index (χ2n) is 2.83. The van der Waals surface area contributed by atoms with Crippen molar-refractivity contribution in [3.05, 3.63) is 27.1 Å². The zero-order valence-electron chi connectivity index (χ0n) is 11.4. The van der Waals surface area contributed by atoms with Crippen molar-refractivity contribution in [3.63, 3.8) is 0 Å². The van der Waals surface area contributed by atoms with Gasteiger partial charge >= 0.3 is 5.69 Å². The van der Waals surface area contributed by atoms with E-state index in [-0.39, 0.29) is 17.5 Å². The van der Waals surface area contributed by atoms with Crippen LogP contribution in [0.2, 0.25) is 0 Å². The van der Waals surface area contributed by atoms with Crippen LogP contribution in [0.15, 0.2) is 15.9 Å². The normalized spacial score (nSPS) is 15.3. The molecule has 2 heterocycles. The number of hydrogen-bond acceptors (Lipinski definition) is 3. The number of nitrogens with zero attached hydrogens (tertiary/aromatic N) is 4. The summed E-state index contributed by atoms with van der Waals surface area (Å²) in [5, 5.41) is 0. The van der Waals surface area contributed by atoms with E-state index in [1.807, 2.05) is 0 Å². The molecule has 0 fully saturated rings. The van der Waals surface area contributed by atoms with E-state index in [2.05, 4.69) is 4.98 Å². The van der Waals surface area contributed by atoms with Gasteiger partial charge in [0.05, 0.1) is 6.30 Å². The number of fused-ring (bicyclic) bond motifs is 1. The predicted octanol–water partition coefficient (Wildman–Crippen LogP) is -1.03. The third-order valence-corrected chi connectivity index (χ3v) is 1.97. The van der Waals surface area contributed by atoms with Gasteiger partial charge in [-0.1, -0.05) is 0 Å². The van der Waals surface area contributed by atoms with Gasteiger partial charge in [-0.05, 0) is 0 Å². The molecule has 6 nitrogen and oxygen atoms in total. The minimum atomic E-state index is -1.81. The van der Waals surface area contributed by atoms with Crippen molar-refractivity contribution in [1.29, 1.82) is 0 Å². The number of aromatic nitrogens is 4. The van der Waals surface area contributed by atoms with Gasteiger partial charge < -0.3 is 4.57 Å². The summed E-state index contributed by atoms with van der Waals surface area (Å²) in [5.41, 5.74) is -1.90. The van der Waals surface area contributed by atoms with Gasteiger partial charge in [-0.15, -0.1) is 0 Å². The average molecular weight is 198 g/mol. The Labute approximate surface area is 84.6 Å². The quantitative estimate of drug-likeness (QED) is 0.544. The second-order valence-corrected chi connectivity index (χ2v) is 2.83. The molecule has 2 aromatic heterocycles. The van der Waals surface area contributed by atoms with Crippen LogP contribution in [0.1, 0.15) is 5.48 Å². The molecule has 0 N–H and O–H groups in total. The van der Waals surface area contributed by atoms with Crippen LogP contribution in [0.5, 0.6) is 0 Å². The van der Waals surface area contributed by atoms with Crippen LogP contribution in [0, 0.1) is 0 Å². The maximum Gasteiger partial charge on any atom is 0.332 e. The van der Waals surface area contributed by atoms with Crippen LogP contribution in [0.25, 0.3) is 11.2 Å². The fourth-order valence-electron chi connectivity index (χ4n) is 1.22. The first-order chi connectivity index (χ1) is 8.40. The summed E-state index contributed by atoms with van der Waals surface area (Å²) >= 11 is 0. The Hall–Kier alpha value is -1.85. The number of hydrogen-bond donors (Lipinski definition) is 0. The van der Waals surface area contributed by atoms with E-state index in [1.165, 1.54) is 7.05 Å². The first-order valence-electron chi connectivity index (χ1n) is 6.08. The lowest BCUT2D eigenvalue weighted by molar-refractivity contribution is 0.705. The van der Waals surface area contributed by atoms with Gasteiger partial charge in [-0.2, -0.15) is 0 Å². The van der Waals surface area contributed by atoms with E-state index in [1.54, 1.807) is 0 Å². The van der Waals surface area contributed by atoms with Crippen LogP contribution in [0.3, 0.4) is 0 Å². The highest BCUT2D eigenvalue weighted by Crippen LogP contribution is 2.01. The van der Waals surface area contributed by atoms with E-state index in [9.17, 15) is 9.59 Å². The molecule has 0 saturated heterocycles. The topological polar surface area (TPSA) is 61.8 Å². The Morgan fingerprint density at radius 3 is 2.93 bits per heavy atom. The Kier molecular flexibility index (Phi) is 0.942. The Morgan fingerprint density at radius 2 is 2.29 bits per heavy atom. The predicted molar refractivity (Wildman–Crippen MR) is 51.2 cm³/mol. The lowest BCUT2D eigenvalue weighted by Crippen LogP contribution is -2.37. The molecule has 0 spiro atoms. The molecule has 0 aromatic carbocycles. The van der Waals surface area contributed by atoms with Crippen LogP contribution in [-0.4, -0.2) is 18.7 Å². The highest BCUT2D eigenvalue weighted by atomic mass is 16.2. The van der Waals surface area contributed by atoms with Crippen LogP contribution < -0.4 is 11.2 Å². The van der Waals surface area contributed by atoms with Crippen molar-refractivity contribution in [2.24, 2.45) is 21.1 Å². The largest absolute Gasteiger partial charge is 0.332 e. The van der Waals surface area contributed by atoms with Crippen molar-refractivity contribution in [3.8, 4) is 0 Å². The summed E-state index contributed by atoms with van der Waals surface area (Å²) in [6.07, 6.45) is -0.229. The molecule has 0 radical (unpaired) electrons. The second kappa shape index (κ2) is 2.57. The zero-order chi connectivity index (χ0) is 13.6. The highest BCUT2D eigenvalue weighted by molar-refractivity contribution is 5.69. The minimum absolute atomic E-state index is 0.0589. The molecule has 0 aliphatic heterocycles. The maximum absolute atomic E-state index is 12.0. The third-order valence-electron chi connectivity index (χ3n) is 1.97. The number of imidazole rings is 1. The summed E-state index contributed by atoms with van der Waals surface area (Å²) in [7, 11) is 0.920. The standard InChI is InChI=1S/C8H10N4O2/c1-10-4-9-6-5(10)7(13)12(3)8(14)11(6)2/h4H,1-3H3/i2D,3D2,4D. The summed E-state index contributed by atoms with van der Waals surface area (Å²) in [4.78, 5) is 27.6. The smallest absolute Gasteiger partial charge is 0.328 e. The SMILES string of the molecule is [2H]Cn1c(=O)n(C([2H])[2H])c(=O)c2c1nc([2H])n2C. The van der Waals surface area contributed by atoms with Gasteiger partial charge in [0.25, 0.3) is 5.56 Å². The maximum atomic E-state index is 12.0. The third kappa shape index (κ3) is 0.876. The molecule has 0 unspecified atom stereocenters. The van der Waals surface area contributed by atoms with Crippen molar-refractivity contribution in [2.45, 2.75) is 0 Å². The summed E-state index contributed by atoms with van der Waals surface area (Å²) in [6, 6.07) is 0. The highest BCUT2D eigenvalue weighted by Gasteiger charge is 2.11. The van der Waals surface area contributed by atoms with Gasteiger partial charge in [0, 0.05) is 25.2 Å². The zero-order valence-corrected chi connectivity index (χ0v) is 7.39. The van der Waals surface area contributed by atoms with E-state index in [0.29, 0.717) is 4.57 Å². The average Bonchev–Trinajstić information content (AvgIpc) is 2.55. The molecular formula is C8H10N4O2. The molecule has 0 aliphatic carbocycles. The molecule has 6 heteroatoms. The van der Waals surface area contributed by atoms with Gasteiger partial charge in [-0.25, -0.2) is 9.78 Å². The molecule has 2 aromatic rings. The molecule has 0 atom stereocenters. The Morgan fingerprint density at radius 1 is 1.50 bits per heavy atom. The van der Waals surface area contributed by atoms with Crippen molar-refractivity contribution < 1.29 is 5.48 Å². The fraction of sp³-hybridized carbons (Fsp3) is 0.375. The Balaban J connectivity index is 3.12. The first kappa shape index (κ1) is 5.14. The summed E-state index contributed by atoms with van der Waals surface area (Å²) in [6.45, 7) is -1.81. The van der Waals surface area contributed by atoms with Crippen molar-refractivity contribution >= 4 is 11.2 Å². The van der Waals surface area contributed by atoms with Crippen LogP contribution >= 0.6 is 0 Å². The van der Waals surface area contributed by atoms with E-state index in [4.69, 9.17) is 5.48 Å². The van der Waals surface area contributed by atoms with Gasteiger partial charge in [-0.3, -0.25) is 13.9 Å². The van der Waals surface area contributed by atoms with Crippen LogP contribution in [0.4, 0.5) is 0 Å². The van der Waals surface area contributed by atoms with Gasteiger partial charge in [0.15, 0.2) is 11.2 Å². The van der Waals surface area contributed by atoms with Crippen LogP contribution in [-0.2, 0) is 21.1 Å². The van der Waals surface area contributed by atoms with E-state index < -0.39 is 25.3 Å². The minimum Gasteiger partial charge on any atom is -0.328 e. The number of rotatable bonds is 0. The van der Waals surface area contributed by atoms with Gasteiger partial charge in [0.2, 0.25) is 0 Å². The molecule has 2 rings (SSSR count). The molecule has 14 heavy (non-hydrogen) atoms. The van der Waals surface area contributed by atoms with Crippen molar-refractivity contribution in [1.82, 2.24) is 18.7 Å².